The van der Waals surface area contributed by atoms with Gasteiger partial charge in [-0.2, -0.15) is 0 Å². The van der Waals surface area contributed by atoms with Crippen molar-refractivity contribution in [2.75, 3.05) is 12.8 Å². The average Bonchev–Trinajstić information content (AvgIpc) is 2.98. The molecule has 0 radical (unpaired) electrons. The fraction of sp³-hybridized carbons (Fsp3) is 0.625. The maximum Gasteiger partial charge on any atom is 0.175 e. The van der Waals surface area contributed by atoms with Gasteiger partial charge in [0.2, 0.25) is 0 Å². The second-order valence-corrected chi connectivity index (χ2v) is 8.11. The Bertz CT molecular complexity index is 547. The zero-order chi connectivity index (χ0) is 15.5. The molecule has 1 aliphatic rings. The summed E-state index contributed by atoms with van der Waals surface area (Å²) in [5.74, 6) is 0.713. The van der Waals surface area contributed by atoms with E-state index in [1.54, 1.807) is 24.3 Å². The Morgan fingerprint density at radius 2 is 1.81 bits per heavy atom. The minimum atomic E-state index is -3.18. The number of hydrogen-bond donors (Lipinski definition) is 2. The lowest BCUT2D eigenvalue weighted by Crippen LogP contribution is -2.35. The van der Waals surface area contributed by atoms with Gasteiger partial charge in [0.25, 0.3) is 0 Å². The van der Waals surface area contributed by atoms with E-state index in [4.69, 9.17) is 0 Å². The van der Waals surface area contributed by atoms with Crippen molar-refractivity contribution in [2.24, 2.45) is 5.92 Å². The highest BCUT2D eigenvalue weighted by Gasteiger charge is 2.21. The molecule has 1 saturated carbocycles. The molecule has 1 fully saturated rings. The third-order valence-corrected chi connectivity index (χ3v) is 5.56. The molecule has 21 heavy (non-hydrogen) atoms. The number of rotatable bonds is 6. The summed E-state index contributed by atoms with van der Waals surface area (Å²) in [6, 6.07) is 6.88. The molecular formula is C16H25NO3S. The summed E-state index contributed by atoms with van der Waals surface area (Å²) in [4.78, 5) is 0.283. The van der Waals surface area contributed by atoms with E-state index in [1.807, 2.05) is 0 Å². The zero-order valence-electron chi connectivity index (χ0n) is 12.7. The molecule has 5 heteroatoms. The molecule has 0 aromatic heterocycles. The monoisotopic (exact) mass is 311 g/mol. The van der Waals surface area contributed by atoms with Gasteiger partial charge in [-0.3, -0.25) is 0 Å². The standard InChI is InChI=1S/C16H25NO3S/c1-12(13-5-3-4-6-13)17-11-16(18)14-7-9-15(10-8-14)21(2,19)20/h7-10,12-13,16-18H,3-6,11H2,1-2H3. The summed E-state index contributed by atoms with van der Waals surface area (Å²) in [6.45, 7) is 2.67. The molecule has 4 nitrogen and oxygen atoms in total. The molecule has 0 spiro atoms. The van der Waals surface area contributed by atoms with Crippen molar-refractivity contribution in [3.05, 3.63) is 29.8 Å². The van der Waals surface area contributed by atoms with Crippen molar-refractivity contribution in [2.45, 2.75) is 49.6 Å². The lowest BCUT2D eigenvalue weighted by atomic mass is 9.99. The molecule has 0 amide bonds. The van der Waals surface area contributed by atoms with Gasteiger partial charge in [-0.15, -0.1) is 0 Å². The lowest BCUT2D eigenvalue weighted by molar-refractivity contribution is 0.165. The number of nitrogens with one attached hydrogen (secondary N) is 1. The van der Waals surface area contributed by atoms with Gasteiger partial charge in [-0.1, -0.05) is 25.0 Å². The summed E-state index contributed by atoms with van der Waals surface area (Å²) >= 11 is 0. The molecule has 2 unspecified atom stereocenters. The van der Waals surface area contributed by atoms with Crippen LogP contribution in [0.4, 0.5) is 0 Å². The fourth-order valence-electron chi connectivity index (χ4n) is 2.98. The van der Waals surface area contributed by atoms with Gasteiger partial charge in [0, 0.05) is 18.8 Å². The number of hydrogen-bond acceptors (Lipinski definition) is 4. The van der Waals surface area contributed by atoms with Crippen molar-refractivity contribution in [1.29, 1.82) is 0 Å². The lowest BCUT2D eigenvalue weighted by Gasteiger charge is -2.22. The summed E-state index contributed by atoms with van der Waals surface area (Å²) in [5, 5.41) is 13.6. The SMILES string of the molecule is CC(NCC(O)c1ccc(S(C)(=O)=O)cc1)C1CCCC1. The second-order valence-electron chi connectivity index (χ2n) is 6.10. The number of sulfone groups is 1. The molecule has 1 aromatic carbocycles. The first-order valence-corrected chi connectivity index (χ1v) is 9.48. The molecule has 0 bridgehead atoms. The average molecular weight is 311 g/mol. The highest BCUT2D eigenvalue weighted by atomic mass is 32.2. The Morgan fingerprint density at radius 1 is 1.24 bits per heavy atom. The summed E-state index contributed by atoms with van der Waals surface area (Å²) in [7, 11) is -3.18. The van der Waals surface area contributed by atoms with E-state index < -0.39 is 15.9 Å². The minimum Gasteiger partial charge on any atom is -0.387 e. The van der Waals surface area contributed by atoms with Gasteiger partial charge in [0.1, 0.15) is 0 Å². The second kappa shape index (κ2) is 6.90. The van der Waals surface area contributed by atoms with Crippen molar-refractivity contribution < 1.29 is 13.5 Å². The van der Waals surface area contributed by atoms with Crippen LogP contribution in [0, 0.1) is 5.92 Å². The van der Waals surface area contributed by atoms with E-state index in [-0.39, 0.29) is 4.90 Å². The Morgan fingerprint density at radius 3 is 2.33 bits per heavy atom. The minimum absolute atomic E-state index is 0.283. The van der Waals surface area contributed by atoms with Crippen LogP contribution in [0.15, 0.2) is 29.2 Å². The Labute approximate surface area is 127 Å². The molecule has 1 aromatic rings. The van der Waals surface area contributed by atoms with E-state index in [9.17, 15) is 13.5 Å². The summed E-state index contributed by atoms with van der Waals surface area (Å²) in [5.41, 5.74) is 0.744. The van der Waals surface area contributed by atoms with Crippen LogP contribution in [0.3, 0.4) is 0 Å². The maximum absolute atomic E-state index is 11.4. The van der Waals surface area contributed by atoms with Crippen LogP contribution >= 0.6 is 0 Å². The first-order chi connectivity index (χ1) is 9.88. The number of benzene rings is 1. The van der Waals surface area contributed by atoms with Gasteiger partial charge in [0.15, 0.2) is 9.84 Å². The van der Waals surface area contributed by atoms with Gasteiger partial charge >= 0.3 is 0 Å². The molecule has 2 atom stereocenters. The van der Waals surface area contributed by atoms with Crippen LogP contribution in [0.2, 0.25) is 0 Å². The van der Waals surface area contributed by atoms with E-state index in [0.717, 1.165) is 5.56 Å². The topological polar surface area (TPSA) is 66.4 Å². The van der Waals surface area contributed by atoms with E-state index >= 15 is 0 Å². The molecule has 118 valence electrons. The maximum atomic E-state index is 11.4. The van der Waals surface area contributed by atoms with Crippen LogP contribution in [-0.4, -0.2) is 32.4 Å². The smallest absolute Gasteiger partial charge is 0.175 e. The summed E-state index contributed by atoms with van der Waals surface area (Å²) in [6.07, 6.45) is 5.74. The number of aliphatic hydroxyl groups is 1. The molecule has 1 aliphatic carbocycles. The third-order valence-electron chi connectivity index (χ3n) is 4.43. The van der Waals surface area contributed by atoms with E-state index in [1.165, 1.54) is 31.9 Å². The van der Waals surface area contributed by atoms with Gasteiger partial charge in [0.05, 0.1) is 11.0 Å². The van der Waals surface area contributed by atoms with Crippen LogP contribution in [0.25, 0.3) is 0 Å². The Balaban J connectivity index is 1.89. The zero-order valence-corrected chi connectivity index (χ0v) is 13.6. The summed E-state index contributed by atoms with van der Waals surface area (Å²) < 4.78 is 22.8. The van der Waals surface area contributed by atoms with Gasteiger partial charge in [-0.05, 0) is 43.4 Å². The molecule has 0 aliphatic heterocycles. The third kappa shape index (κ3) is 4.53. The van der Waals surface area contributed by atoms with Gasteiger partial charge < -0.3 is 10.4 Å². The van der Waals surface area contributed by atoms with Crippen LogP contribution in [0.5, 0.6) is 0 Å². The quantitative estimate of drug-likeness (QED) is 0.846. The van der Waals surface area contributed by atoms with Crippen molar-refractivity contribution >= 4 is 9.84 Å². The molecule has 0 saturated heterocycles. The van der Waals surface area contributed by atoms with Crippen molar-refractivity contribution in [1.82, 2.24) is 5.32 Å². The molecule has 2 N–H and O–H groups in total. The Kier molecular flexibility index (Phi) is 5.41. The largest absolute Gasteiger partial charge is 0.387 e. The highest BCUT2D eigenvalue weighted by Crippen LogP contribution is 2.27. The van der Waals surface area contributed by atoms with Crippen molar-refractivity contribution in [3.8, 4) is 0 Å². The predicted molar refractivity (Wildman–Crippen MR) is 83.9 cm³/mol. The van der Waals surface area contributed by atoms with E-state index in [2.05, 4.69) is 12.2 Å². The first-order valence-electron chi connectivity index (χ1n) is 7.59. The van der Waals surface area contributed by atoms with Crippen LogP contribution in [0.1, 0.15) is 44.3 Å². The first kappa shape index (κ1) is 16.5. The van der Waals surface area contributed by atoms with Crippen molar-refractivity contribution in [3.63, 3.8) is 0 Å². The molecular weight excluding hydrogens is 286 g/mol. The van der Waals surface area contributed by atoms with E-state index in [0.29, 0.717) is 18.5 Å². The fourth-order valence-corrected chi connectivity index (χ4v) is 3.61. The molecule has 0 heterocycles. The van der Waals surface area contributed by atoms with Crippen LogP contribution < -0.4 is 5.32 Å². The van der Waals surface area contributed by atoms with Gasteiger partial charge in [-0.25, -0.2) is 8.42 Å². The number of aliphatic hydroxyl groups excluding tert-OH is 1. The van der Waals surface area contributed by atoms with Crippen LogP contribution in [-0.2, 0) is 9.84 Å². The Hall–Kier alpha value is -0.910. The normalized spacial score (nSPS) is 19.6. The predicted octanol–water partition coefficient (Wildman–Crippen LogP) is 2.29. The molecule has 2 rings (SSSR count). The highest BCUT2D eigenvalue weighted by molar-refractivity contribution is 7.90.